The second-order valence-corrected chi connectivity index (χ2v) is 9.72. The van der Waals surface area contributed by atoms with E-state index in [2.05, 4.69) is 15.3 Å². The second-order valence-electron chi connectivity index (χ2n) is 9.72. The average molecular weight is 550 g/mol. The Morgan fingerprint density at radius 3 is 2.66 bits per heavy atom. The van der Waals surface area contributed by atoms with Crippen LogP contribution in [-0.2, 0) is 11.4 Å². The van der Waals surface area contributed by atoms with Crippen molar-refractivity contribution in [2.45, 2.75) is 6.61 Å². The molecule has 6 rings (SSSR count). The van der Waals surface area contributed by atoms with Gasteiger partial charge in [-0.1, -0.05) is 24.3 Å². The molecule has 0 radical (unpaired) electrons. The number of hydrogen-bond donors (Lipinski definition) is 3. The maximum absolute atomic E-state index is 13.1. The number of amides is 1. The first kappa shape index (κ1) is 25.8. The van der Waals surface area contributed by atoms with E-state index < -0.39 is 0 Å². The first-order valence-electron chi connectivity index (χ1n) is 12.9. The number of fused-ring (bicyclic) bond motifs is 5. The van der Waals surface area contributed by atoms with Gasteiger partial charge in [0.2, 0.25) is 5.91 Å². The normalized spacial score (nSPS) is 12.3. The quantitative estimate of drug-likeness (QED) is 0.258. The van der Waals surface area contributed by atoms with Crippen LogP contribution in [0.15, 0.2) is 83.8 Å². The zero-order valence-corrected chi connectivity index (χ0v) is 22.4. The van der Waals surface area contributed by atoms with Crippen molar-refractivity contribution in [2.75, 3.05) is 31.7 Å². The minimum absolute atomic E-state index is 0.0663. The van der Waals surface area contributed by atoms with Crippen LogP contribution >= 0.6 is 0 Å². The highest BCUT2D eigenvalue weighted by Gasteiger charge is 2.29. The molecule has 206 valence electrons. The van der Waals surface area contributed by atoms with E-state index in [0.29, 0.717) is 51.9 Å². The van der Waals surface area contributed by atoms with E-state index in [1.807, 2.05) is 61.5 Å². The van der Waals surface area contributed by atoms with E-state index >= 15 is 0 Å². The van der Waals surface area contributed by atoms with Crippen molar-refractivity contribution in [3.63, 3.8) is 0 Å². The number of aromatic nitrogens is 4. The summed E-state index contributed by atoms with van der Waals surface area (Å²) in [6.45, 7) is 0.695. The summed E-state index contributed by atoms with van der Waals surface area (Å²) in [6.07, 6.45) is 4.81. The van der Waals surface area contributed by atoms with Gasteiger partial charge in [0.05, 0.1) is 22.6 Å². The molecule has 0 unspecified atom stereocenters. The Balaban J connectivity index is 1.38. The molecular formula is C30H27N7O4. The van der Waals surface area contributed by atoms with Gasteiger partial charge in [0.25, 0.3) is 5.56 Å². The molecule has 0 spiro atoms. The number of rotatable bonds is 7. The molecule has 4 heterocycles. The van der Waals surface area contributed by atoms with Crippen molar-refractivity contribution < 1.29 is 14.3 Å². The van der Waals surface area contributed by atoms with Crippen molar-refractivity contribution in [3.05, 3.63) is 95.1 Å². The van der Waals surface area contributed by atoms with Crippen molar-refractivity contribution in [3.8, 4) is 34.2 Å². The molecule has 11 heteroatoms. The zero-order chi connectivity index (χ0) is 28.5. The Morgan fingerprint density at radius 1 is 1.15 bits per heavy atom. The number of H-pyrrole nitrogens is 1. The van der Waals surface area contributed by atoms with Crippen molar-refractivity contribution in [1.82, 2.24) is 24.6 Å². The fraction of sp³-hybridized carbons (Fsp3) is 0.133. The van der Waals surface area contributed by atoms with Crippen LogP contribution in [0.4, 0.5) is 11.5 Å². The summed E-state index contributed by atoms with van der Waals surface area (Å²) < 4.78 is 13.4. The summed E-state index contributed by atoms with van der Waals surface area (Å²) in [4.78, 5) is 35.0. The Morgan fingerprint density at radius 2 is 1.90 bits per heavy atom. The highest BCUT2D eigenvalue weighted by molar-refractivity contribution is 6.04. The molecule has 1 amide bonds. The predicted molar refractivity (Wildman–Crippen MR) is 157 cm³/mol. The molecule has 5 aromatic rings. The number of carbonyl (C=O) groups is 1. The Bertz CT molecular complexity index is 1840. The standard InChI is InChI=1S/C30H27N7O4/c1-36(2)16-6-9-23(38)33-21-14-15-32-27-24-22(17-40-28(21)27)34-30(39)25-26(24)35-37(29(25)31)18-10-12-20(13-11-18)41-19-7-4-3-5-8-19/h3-15H,16-17,31H2,1-2H3,(H,34,39)(H,32,33,38)/b9-6+. The number of ether oxygens (including phenoxy) is 2. The number of hydrogen-bond acceptors (Lipinski definition) is 8. The van der Waals surface area contributed by atoms with Gasteiger partial charge in [-0.2, -0.15) is 5.10 Å². The lowest BCUT2D eigenvalue weighted by Gasteiger charge is -2.22. The van der Waals surface area contributed by atoms with Crippen LogP contribution in [0.25, 0.3) is 27.8 Å². The number of nitrogens with two attached hydrogens (primary N) is 1. The molecule has 4 N–H and O–H groups in total. The summed E-state index contributed by atoms with van der Waals surface area (Å²) >= 11 is 0. The molecule has 1 aliphatic rings. The Kier molecular flexibility index (Phi) is 6.70. The molecule has 11 nitrogen and oxygen atoms in total. The number of benzene rings is 2. The molecule has 0 saturated carbocycles. The molecule has 0 fully saturated rings. The van der Waals surface area contributed by atoms with Gasteiger partial charge in [-0.15, -0.1) is 0 Å². The van der Waals surface area contributed by atoms with Gasteiger partial charge in [0, 0.05) is 18.8 Å². The number of pyridine rings is 2. The minimum atomic E-state index is -0.380. The topological polar surface area (TPSA) is 140 Å². The smallest absolute Gasteiger partial charge is 0.261 e. The van der Waals surface area contributed by atoms with E-state index in [9.17, 15) is 9.59 Å². The van der Waals surface area contributed by atoms with Gasteiger partial charge < -0.3 is 30.4 Å². The molecule has 0 atom stereocenters. The van der Waals surface area contributed by atoms with Crippen molar-refractivity contribution in [1.29, 1.82) is 0 Å². The molecule has 0 bridgehead atoms. The lowest BCUT2D eigenvalue weighted by atomic mass is 10.0. The van der Waals surface area contributed by atoms with Gasteiger partial charge in [-0.3, -0.25) is 14.6 Å². The lowest BCUT2D eigenvalue weighted by molar-refractivity contribution is -0.111. The highest BCUT2D eigenvalue weighted by atomic mass is 16.5. The molecular weight excluding hydrogens is 522 g/mol. The number of anilines is 2. The maximum atomic E-state index is 13.1. The van der Waals surface area contributed by atoms with E-state index in [-0.39, 0.29) is 29.3 Å². The van der Waals surface area contributed by atoms with Gasteiger partial charge in [0.15, 0.2) is 5.75 Å². The van der Waals surface area contributed by atoms with Gasteiger partial charge >= 0.3 is 0 Å². The Labute approximate surface area is 234 Å². The van der Waals surface area contributed by atoms with Gasteiger partial charge in [-0.25, -0.2) is 4.68 Å². The lowest BCUT2D eigenvalue weighted by Crippen LogP contribution is -2.19. The van der Waals surface area contributed by atoms with Crippen LogP contribution in [0.3, 0.4) is 0 Å². The van der Waals surface area contributed by atoms with Crippen LogP contribution in [-0.4, -0.2) is 51.2 Å². The summed E-state index contributed by atoms with van der Waals surface area (Å²) in [5, 5.41) is 7.84. The zero-order valence-electron chi connectivity index (χ0n) is 22.4. The molecule has 2 aromatic carbocycles. The Hall–Kier alpha value is -5.42. The first-order chi connectivity index (χ1) is 19.9. The van der Waals surface area contributed by atoms with E-state index in [4.69, 9.17) is 20.3 Å². The van der Waals surface area contributed by atoms with Crippen LogP contribution < -0.4 is 26.1 Å². The predicted octanol–water partition coefficient (Wildman–Crippen LogP) is 4.10. The van der Waals surface area contributed by atoms with E-state index in [1.54, 1.807) is 30.5 Å². The number of para-hydroxylation sites is 1. The summed E-state index contributed by atoms with van der Waals surface area (Å²) in [5.41, 5.74) is 9.15. The van der Waals surface area contributed by atoms with Crippen molar-refractivity contribution in [2.24, 2.45) is 0 Å². The third kappa shape index (κ3) is 5.01. The number of carbonyl (C=O) groups excluding carboxylic acids is 1. The van der Waals surface area contributed by atoms with Gasteiger partial charge in [0.1, 0.15) is 40.5 Å². The minimum Gasteiger partial charge on any atom is -0.483 e. The fourth-order valence-corrected chi connectivity index (χ4v) is 4.64. The average Bonchev–Trinajstić information content (AvgIpc) is 3.31. The molecule has 0 saturated heterocycles. The van der Waals surface area contributed by atoms with Crippen molar-refractivity contribution >= 4 is 28.3 Å². The third-order valence-electron chi connectivity index (χ3n) is 6.51. The van der Waals surface area contributed by atoms with Crippen LogP contribution in [0.2, 0.25) is 0 Å². The third-order valence-corrected chi connectivity index (χ3v) is 6.51. The largest absolute Gasteiger partial charge is 0.483 e. The molecule has 3 aromatic heterocycles. The molecule has 1 aliphatic heterocycles. The van der Waals surface area contributed by atoms with E-state index in [0.717, 1.165) is 5.75 Å². The SMILES string of the molecule is CN(C)C/C=C/C(=O)Nc1ccnc2c1OCc1[nH]c(=O)c3c(N)n(-c4ccc(Oc5ccccc5)cc4)nc3c1-2. The first-order valence-corrected chi connectivity index (χ1v) is 12.9. The number of aromatic amines is 1. The molecule has 0 aliphatic carbocycles. The summed E-state index contributed by atoms with van der Waals surface area (Å²) in [6, 6.07) is 18.4. The summed E-state index contributed by atoms with van der Waals surface area (Å²) in [7, 11) is 3.84. The van der Waals surface area contributed by atoms with Gasteiger partial charge in [-0.05, 0) is 56.6 Å². The van der Waals surface area contributed by atoms with E-state index in [1.165, 1.54) is 10.8 Å². The monoisotopic (exact) mass is 549 g/mol. The maximum Gasteiger partial charge on any atom is 0.261 e. The second kappa shape index (κ2) is 10.6. The fourth-order valence-electron chi connectivity index (χ4n) is 4.64. The number of nitrogens with one attached hydrogen (secondary N) is 2. The summed E-state index contributed by atoms with van der Waals surface area (Å²) in [5.74, 6) is 1.64. The van der Waals surface area contributed by atoms with Crippen LogP contribution in [0.5, 0.6) is 17.2 Å². The van der Waals surface area contributed by atoms with Crippen LogP contribution in [0, 0.1) is 0 Å². The van der Waals surface area contributed by atoms with Crippen LogP contribution in [0.1, 0.15) is 5.69 Å². The molecule has 41 heavy (non-hydrogen) atoms. The number of nitrogen functional groups attached to an aromatic ring is 1. The number of nitrogens with zero attached hydrogens (tertiary/aromatic N) is 4. The highest BCUT2D eigenvalue weighted by Crippen LogP contribution is 2.43. The number of likely N-dealkylation sites (N-methyl/N-ethyl adjacent to an activating group) is 1.